The largest absolute Gasteiger partial charge is 0.497 e. The fourth-order valence-corrected chi connectivity index (χ4v) is 4.52. The zero-order chi connectivity index (χ0) is 21.8. The van der Waals surface area contributed by atoms with Gasteiger partial charge in [-0.2, -0.15) is 0 Å². The summed E-state index contributed by atoms with van der Waals surface area (Å²) >= 11 is 0. The minimum Gasteiger partial charge on any atom is -0.497 e. The van der Waals surface area contributed by atoms with Crippen molar-refractivity contribution in [1.29, 1.82) is 0 Å². The molecule has 0 bridgehead atoms. The third-order valence-corrected chi connectivity index (χ3v) is 6.32. The second-order valence-electron chi connectivity index (χ2n) is 7.98. The van der Waals surface area contributed by atoms with Crippen LogP contribution < -0.4 is 4.74 Å². The van der Waals surface area contributed by atoms with Gasteiger partial charge in [0.05, 0.1) is 7.11 Å². The van der Waals surface area contributed by atoms with E-state index in [0.717, 1.165) is 28.0 Å². The van der Waals surface area contributed by atoms with Gasteiger partial charge in [0.1, 0.15) is 11.4 Å². The van der Waals surface area contributed by atoms with E-state index in [0.29, 0.717) is 25.9 Å². The number of piperidine rings is 1. The lowest BCUT2D eigenvalue weighted by Crippen LogP contribution is -2.45. The van der Waals surface area contributed by atoms with E-state index in [1.54, 1.807) is 7.11 Å². The van der Waals surface area contributed by atoms with Crippen LogP contribution in [0.1, 0.15) is 24.0 Å². The van der Waals surface area contributed by atoms with Crippen molar-refractivity contribution >= 4 is 6.09 Å². The summed E-state index contributed by atoms with van der Waals surface area (Å²) in [4.78, 5) is 12.8. The lowest BCUT2D eigenvalue weighted by atomic mass is 9.72. The van der Waals surface area contributed by atoms with Gasteiger partial charge in [-0.1, -0.05) is 66.7 Å². The first-order valence-corrected chi connectivity index (χ1v) is 10.5. The number of aliphatic hydroxyl groups is 1. The van der Waals surface area contributed by atoms with Crippen LogP contribution in [0.3, 0.4) is 0 Å². The number of hydrogen-bond donors (Lipinski definition) is 2. The number of rotatable bonds is 5. The normalized spacial score (nSPS) is 16.5. The van der Waals surface area contributed by atoms with Crippen LogP contribution in [0.15, 0.2) is 78.9 Å². The zero-order valence-electron chi connectivity index (χ0n) is 17.6. The van der Waals surface area contributed by atoms with E-state index < -0.39 is 11.7 Å². The van der Waals surface area contributed by atoms with Gasteiger partial charge in [0.25, 0.3) is 0 Å². The van der Waals surface area contributed by atoms with Crippen LogP contribution in [-0.2, 0) is 5.60 Å². The van der Waals surface area contributed by atoms with E-state index in [4.69, 9.17) is 4.74 Å². The summed E-state index contributed by atoms with van der Waals surface area (Å²) in [7, 11) is 1.62. The predicted molar refractivity (Wildman–Crippen MR) is 120 cm³/mol. The maximum absolute atomic E-state index is 12.1. The smallest absolute Gasteiger partial charge is 0.407 e. The maximum Gasteiger partial charge on any atom is 0.407 e. The molecule has 4 rings (SSSR count). The first-order valence-electron chi connectivity index (χ1n) is 10.5. The van der Waals surface area contributed by atoms with Gasteiger partial charge in [-0.05, 0) is 53.1 Å². The van der Waals surface area contributed by atoms with Gasteiger partial charge in [0, 0.05) is 13.1 Å². The molecule has 5 nitrogen and oxygen atoms in total. The molecule has 0 radical (unpaired) electrons. The molecule has 1 saturated heterocycles. The third kappa shape index (κ3) is 4.14. The molecular weight excluding hydrogens is 390 g/mol. The fraction of sp³-hybridized carbons (Fsp3) is 0.269. The number of carbonyl (C=O) groups is 1. The SMILES string of the molecule is COc1ccc(C(O)(c2ccc(-c3ccccc3)cc2)C2CCN(C(=O)O)CC2)cc1. The Morgan fingerprint density at radius 1 is 0.871 bits per heavy atom. The zero-order valence-corrected chi connectivity index (χ0v) is 17.6. The van der Waals surface area contributed by atoms with Gasteiger partial charge in [-0.3, -0.25) is 0 Å². The minimum absolute atomic E-state index is 0.0981. The quantitative estimate of drug-likeness (QED) is 0.614. The summed E-state index contributed by atoms with van der Waals surface area (Å²) in [6.07, 6.45) is 0.281. The first kappa shape index (κ1) is 20.9. The van der Waals surface area contributed by atoms with E-state index >= 15 is 0 Å². The van der Waals surface area contributed by atoms with Gasteiger partial charge < -0.3 is 19.8 Å². The number of carboxylic acid groups (broad SMARTS) is 1. The monoisotopic (exact) mass is 417 g/mol. The van der Waals surface area contributed by atoms with Crippen molar-refractivity contribution in [1.82, 2.24) is 4.90 Å². The van der Waals surface area contributed by atoms with Crippen molar-refractivity contribution in [2.24, 2.45) is 5.92 Å². The number of benzene rings is 3. The van der Waals surface area contributed by atoms with Crippen molar-refractivity contribution in [3.63, 3.8) is 0 Å². The summed E-state index contributed by atoms with van der Waals surface area (Å²) < 4.78 is 5.28. The van der Waals surface area contributed by atoms with Gasteiger partial charge in [0.15, 0.2) is 0 Å². The molecule has 3 aromatic rings. The molecule has 1 aliphatic rings. The van der Waals surface area contributed by atoms with Crippen LogP contribution in [0.4, 0.5) is 4.79 Å². The maximum atomic E-state index is 12.1. The molecule has 1 heterocycles. The van der Waals surface area contributed by atoms with Crippen LogP contribution >= 0.6 is 0 Å². The topological polar surface area (TPSA) is 70.0 Å². The van der Waals surface area contributed by atoms with E-state index in [2.05, 4.69) is 12.1 Å². The van der Waals surface area contributed by atoms with Crippen LogP contribution in [-0.4, -0.2) is 41.4 Å². The Morgan fingerprint density at radius 2 is 1.39 bits per heavy atom. The highest BCUT2D eigenvalue weighted by molar-refractivity contribution is 5.65. The molecule has 1 atom stereocenters. The number of ether oxygens (including phenoxy) is 1. The van der Waals surface area contributed by atoms with E-state index in [1.165, 1.54) is 4.90 Å². The van der Waals surface area contributed by atoms with Crippen LogP contribution in [0.25, 0.3) is 11.1 Å². The second-order valence-corrected chi connectivity index (χ2v) is 7.98. The molecule has 0 saturated carbocycles. The standard InChI is InChI=1S/C26H27NO4/c1-31-24-13-11-22(12-14-24)26(30,23-15-17-27(18-16-23)25(28)29)21-9-7-20(8-10-21)19-5-3-2-4-6-19/h2-14,23,30H,15-18H2,1H3,(H,28,29). The molecule has 1 unspecified atom stereocenters. The summed E-state index contributed by atoms with van der Waals surface area (Å²) in [6.45, 7) is 0.834. The average molecular weight is 418 g/mol. The van der Waals surface area contributed by atoms with Crippen molar-refractivity contribution in [3.05, 3.63) is 90.0 Å². The number of methoxy groups -OCH3 is 1. The average Bonchev–Trinajstić information content (AvgIpc) is 2.84. The molecule has 1 fully saturated rings. The molecular formula is C26H27NO4. The molecule has 0 spiro atoms. The number of nitrogens with zero attached hydrogens (tertiary/aromatic N) is 1. The Balaban J connectivity index is 1.70. The first-order chi connectivity index (χ1) is 15.0. The van der Waals surface area contributed by atoms with Gasteiger partial charge >= 0.3 is 6.09 Å². The lowest BCUT2D eigenvalue weighted by molar-refractivity contribution is -0.0121. The highest BCUT2D eigenvalue weighted by Crippen LogP contribution is 2.43. The molecule has 0 aromatic heterocycles. The molecule has 31 heavy (non-hydrogen) atoms. The Bertz CT molecular complexity index is 1010. The number of hydrogen-bond acceptors (Lipinski definition) is 3. The molecule has 0 aliphatic carbocycles. The molecule has 2 N–H and O–H groups in total. The van der Waals surface area contributed by atoms with Gasteiger partial charge in [0.2, 0.25) is 0 Å². The summed E-state index contributed by atoms with van der Waals surface area (Å²) in [5.74, 6) is 0.630. The summed E-state index contributed by atoms with van der Waals surface area (Å²) in [5.41, 5.74) is 2.59. The molecule has 1 aliphatic heterocycles. The number of amides is 1. The van der Waals surface area contributed by atoms with Gasteiger partial charge in [-0.25, -0.2) is 4.79 Å². The van der Waals surface area contributed by atoms with E-state index in [1.807, 2.05) is 66.7 Å². The van der Waals surface area contributed by atoms with E-state index in [9.17, 15) is 15.0 Å². The highest BCUT2D eigenvalue weighted by Gasteiger charge is 2.42. The molecule has 160 valence electrons. The summed E-state index contributed by atoms with van der Waals surface area (Å²) in [6, 6.07) is 25.7. The Labute approximate surface area is 182 Å². The minimum atomic E-state index is -1.22. The van der Waals surface area contributed by atoms with Crippen LogP contribution in [0, 0.1) is 5.92 Å². The van der Waals surface area contributed by atoms with Crippen molar-refractivity contribution in [2.45, 2.75) is 18.4 Å². The summed E-state index contributed by atoms with van der Waals surface area (Å²) in [5, 5.41) is 21.4. The van der Waals surface area contributed by atoms with Crippen molar-refractivity contribution in [2.75, 3.05) is 20.2 Å². The molecule has 5 heteroatoms. The van der Waals surface area contributed by atoms with Crippen molar-refractivity contribution in [3.8, 4) is 16.9 Å². The van der Waals surface area contributed by atoms with Crippen LogP contribution in [0.2, 0.25) is 0 Å². The Kier molecular flexibility index (Phi) is 5.96. The lowest BCUT2D eigenvalue weighted by Gasteiger charge is -2.41. The molecule has 1 amide bonds. The van der Waals surface area contributed by atoms with Gasteiger partial charge in [-0.15, -0.1) is 0 Å². The fourth-order valence-electron chi connectivity index (χ4n) is 4.52. The number of likely N-dealkylation sites (tertiary alicyclic amines) is 1. The predicted octanol–water partition coefficient (Wildman–Crippen LogP) is 4.99. The Morgan fingerprint density at radius 3 is 1.90 bits per heavy atom. The highest BCUT2D eigenvalue weighted by atomic mass is 16.5. The van der Waals surface area contributed by atoms with Crippen molar-refractivity contribution < 1.29 is 19.7 Å². The van der Waals surface area contributed by atoms with E-state index in [-0.39, 0.29) is 5.92 Å². The Hall–Kier alpha value is -3.31. The molecule has 3 aromatic carbocycles. The third-order valence-electron chi connectivity index (χ3n) is 6.32. The van der Waals surface area contributed by atoms with Crippen LogP contribution in [0.5, 0.6) is 5.75 Å². The second kappa shape index (κ2) is 8.82.